The first kappa shape index (κ1) is 26.5. The summed E-state index contributed by atoms with van der Waals surface area (Å²) in [5.41, 5.74) is 5.97. The van der Waals surface area contributed by atoms with Gasteiger partial charge in [0.05, 0.1) is 6.54 Å². The molecule has 188 valence electrons. The topological polar surface area (TPSA) is 70.7 Å². The van der Waals surface area contributed by atoms with Gasteiger partial charge in [-0.15, -0.1) is 6.58 Å². The predicted octanol–water partition coefficient (Wildman–Crippen LogP) is 4.34. The Morgan fingerprint density at radius 2 is 1.91 bits per heavy atom. The fraction of sp³-hybridized carbons (Fsp3) is 0.667. The van der Waals surface area contributed by atoms with E-state index in [-0.39, 0.29) is 5.56 Å². The third-order valence-electron chi connectivity index (χ3n) is 7.30. The van der Waals surface area contributed by atoms with Gasteiger partial charge in [0.15, 0.2) is 0 Å². The van der Waals surface area contributed by atoms with Crippen molar-refractivity contribution in [2.75, 3.05) is 26.2 Å². The first-order valence-electron chi connectivity index (χ1n) is 12.8. The predicted molar refractivity (Wildman–Crippen MR) is 136 cm³/mol. The Kier molecular flexibility index (Phi) is 9.37. The highest BCUT2D eigenvalue weighted by atomic mass is 19.1. The average Bonchev–Trinajstić information content (AvgIpc) is 3.20. The molecule has 0 amide bonds. The summed E-state index contributed by atoms with van der Waals surface area (Å²) >= 11 is 0. The van der Waals surface area contributed by atoms with Crippen molar-refractivity contribution in [2.45, 2.75) is 85.0 Å². The number of piperidine rings is 1. The second-order valence-electron chi connectivity index (χ2n) is 9.74. The van der Waals surface area contributed by atoms with E-state index in [1.807, 2.05) is 6.92 Å². The molecule has 2 unspecified atom stereocenters. The number of hydrogen-bond acceptors (Lipinski definition) is 5. The standard InChI is InChI=1S/C23H34N4O2.C4H7F/c1-4-18-15(2)14-24-21(18)17-7-11-26(12-8-17)13-9-19-16(3)25-22-20(28)6-5-10-27(22)23(19)29;1-3-4(2)5/h17,20,28H,4-14H2,1-3H3;3-4H,1H2,2H3. The number of hydrogen-bond donors (Lipinski definition) is 1. The van der Waals surface area contributed by atoms with Gasteiger partial charge in [0.25, 0.3) is 5.56 Å². The van der Waals surface area contributed by atoms with Crippen LogP contribution in [0.1, 0.15) is 76.1 Å². The van der Waals surface area contributed by atoms with E-state index in [1.165, 1.54) is 29.9 Å². The van der Waals surface area contributed by atoms with Gasteiger partial charge in [-0.2, -0.15) is 0 Å². The van der Waals surface area contributed by atoms with E-state index in [2.05, 4.69) is 30.3 Å². The van der Waals surface area contributed by atoms with Crippen molar-refractivity contribution in [3.8, 4) is 0 Å². The van der Waals surface area contributed by atoms with Crippen LogP contribution in [0.25, 0.3) is 0 Å². The Morgan fingerprint density at radius 1 is 1.24 bits per heavy atom. The quantitative estimate of drug-likeness (QED) is 0.625. The van der Waals surface area contributed by atoms with E-state index in [4.69, 9.17) is 4.99 Å². The third-order valence-corrected chi connectivity index (χ3v) is 7.30. The van der Waals surface area contributed by atoms with Crippen LogP contribution in [-0.2, 0) is 13.0 Å². The molecule has 1 aromatic rings. The molecule has 1 saturated heterocycles. The maximum Gasteiger partial charge on any atom is 0.257 e. The maximum absolute atomic E-state index is 13.0. The zero-order valence-electron chi connectivity index (χ0n) is 21.3. The van der Waals surface area contributed by atoms with E-state index >= 15 is 0 Å². The number of halogens is 1. The summed E-state index contributed by atoms with van der Waals surface area (Å²) in [6.07, 6.45) is 5.46. The van der Waals surface area contributed by atoms with Crippen molar-refractivity contribution in [2.24, 2.45) is 10.9 Å². The summed E-state index contributed by atoms with van der Waals surface area (Å²) in [4.78, 5) is 24.8. The molecule has 0 aromatic carbocycles. The van der Waals surface area contributed by atoms with Crippen LogP contribution in [-0.4, -0.2) is 57.6 Å². The molecule has 4 heterocycles. The lowest BCUT2D eigenvalue weighted by molar-refractivity contribution is 0.129. The van der Waals surface area contributed by atoms with Crippen LogP contribution in [0.5, 0.6) is 0 Å². The Morgan fingerprint density at radius 3 is 2.53 bits per heavy atom. The van der Waals surface area contributed by atoms with Gasteiger partial charge in [0.2, 0.25) is 0 Å². The number of rotatable bonds is 6. The van der Waals surface area contributed by atoms with Crippen LogP contribution < -0.4 is 5.56 Å². The number of allylic oxidation sites excluding steroid dienone is 2. The van der Waals surface area contributed by atoms with Crippen molar-refractivity contribution in [3.63, 3.8) is 0 Å². The first-order valence-corrected chi connectivity index (χ1v) is 12.8. The van der Waals surface area contributed by atoms with Gasteiger partial charge in [0, 0.05) is 36.0 Å². The lowest BCUT2D eigenvalue weighted by Crippen LogP contribution is -2.39. The number of likely N-dealkylation sites (tertiary alicyclic amines) is 1. The molecule has 3 aliphatic heterocycles. The van der Waals surface area contributed by atoms with Crippen LogP contribution in [0.4, 0.5) is 4.39 Å². The van der Waals surface area contributed by atoms with Crippen LogP contribution in [0.2, 0.25) is 0 Å². The second-order valence-corrected chi connectivity index (χ2v) is 9.74. The highest BCUT2D eigenvalue weighted by Gasteiger charge is 2.28. The molecule has 2 atom stereocenters. The smallest absolute Gasteiger partial charge is 0.257 e. The monoisotopic (exact) mass is 472 g/mol. The molecule has 0 spiro atoms. The van der Waals surface area contributed by atoms with Crippen molar-refractivity contribution < 1.29 is 9.50 Å². The fourth-order valence-electron chi connectivity index (χ4n) is 5.22. The molecule has 0 bridgehead atoms. The van der Waals surface area contributed by atoms with Gasteiger partial charge in [0.1, 0.15) is 18.1 Å². The van der Waals surface area contributed by atoms with Crippen LogP contribution in [0.15, 0.2) is 33.6 Å². The molecular weight excluding hydrogens is 431 g/mol. The van der Waals surface area contributed by atoms with Gasteiger partial charge >= 0.3 is 0 Å². The van der Waals surface area contributed by atoms with Crippen molar-refractivity contribution in [1.29, 1.82) is 0 Å². The number of aryl methyl sites for hydroxylation is 1. The molecule has 0 aliphatic carbocycles. The van der Waals surface area contributed by atoms with E-state index in [9.17, 15) is 14.3 Å². The molecule has 1 fully saturated rings. The summed E-state index contributed by atoms with van der Waals surface area (Å²) in [5.74, 6) is 1.15. The SMILES string of the molecule is C=CC(C)F.CCC1=C(C)CN=C1C1CCN(CCc2c(C)nc3n(c2=O)CCCC3O)CC1. The normalized spacial score (nSPS) is 22.1. The molecule has 3 aliphatic rings. The highest BCUT2D eigenvalue weighted by molar-refractivity contribution is 6.04. The Bertz CT molecular complexity index is 987. The molecule has 0 radical (unpaired) electrons. The number of fused-ring (bicyclic) bond motifs is 1. The number of aromatic nitrogens is 2. The summed E-state index contributed by atoms with van der Waals surface area (Å²) in [7, 11) is 0. The van der Waals surface area contributed by atoms with Crippen LogP contribution >= 0.6 is 0 Å². The lowest BCUT2D eigenvalue weighted by atomic mass is 9.86. The molecule has 34 heavy (non-hydrogen) atoms. The largest absolute Gasteiger partial charge is 0.385 e. The van der Waals surface area contributed by atoms with Crippen LogP contribution in [0.3, 0.4) is 0 Å². The zero-order chi connectivity index (χ0) is 24.8. The van der Waals surface area contributed by atoms with Crippen LogP contribution in [0, 0.1) is 12.8 Å². The molecule has 4 rings (SSSR count). The van der Waals surface area contributed by atoms with Gasteiger partial charge in [-0.25, -0.2) is 9.37 Å². The molecule has 7 heteroatoms. The van der Waals surface area contributed by atoms with Gasteiger partial charge < -0.3 is 10.0 Å². The van der Waals surface area contributed by atoms with Gasteiger partial charge in [-0.1, -0.05) is 13.0 Å². The van der Waals surface area contributed by atoms with E-state index < -0.39 is 12.3 Å². The second kappa shape index (κ2) is 12.0. The van der Waals surface area contributed by atoms with Crippen molar-refractivity contribution >= 4 is 5.71 Å². The number of aliphatic imine (C=N–C) groups is 1. The summed E-state index contributed by atoms with van der Waals surface area (Å²) in [5, 5.41) is 10.2. The van der Waals surface area contributed by atoms with E-state index in [0.717, 1.165) is 69.5 Å². The first-order chi connectivity index (χ1) is 16.3. The van der Waals surface area contributed by atoms with Crippen molar-refractivity contribution in [1.82, 2.24) is 14.5 Å². The van der Waals surface area contributed by atoms with E-state index in [1.54, 1.807) is 4.57 Å². The molecule has 1 N–H and O–H groups in total. The minimum atomic E-state index is -0.852. The summed E-state index contributed by atoms with van der Waals surface area (Å²) in [6.45, 7) is 15.6. The number of aliphatic hydroxyl groups excluding tert-OH is 1. The fourth-order valence-corrected chi connectivity index (χ4v) is 5.22. The van der Waals surface area contributed by atoms with Crippen molar-refractivity contribution in [3.05, 3.63) is 51.2 Å². The third kappa shape index (κ3) is 6.11. The number of aliphatic hydroxyl groups is 1. The molecule has 0 saturated carbocycles. The average molecular weight is 473 g/mol. The highest BCUT2D eigenvalue weighted by Crippen LogP contribution is 2.29. The van der Waals surface area contributed by atoms with Gasteiger partial charge in [-0.05, 0) is 83.5 Å². The minimum Gasteiger partial charge on any atom is -0.385 e. The zero-order valence-corrected chi connectivity index (χ0v) is 21.3. The Labute approximate surface area is 203 Å². The van der Waals surface area contributed by atoms with E-state index in [0.29, 0.717) is 24.7 Å². The number of alkyl halides is 1. The van der Waals surface area contributed by atoms with Gasteiger partial charge in [-0.3, -0.25) is 14.4 Å². The maximum atomic E-state index is 13.0. The summed E-state index contributed by atoms with van der Waals surface area (Å²) < 4.78 is 13.0. The molecule has 1 aromatic heterocycles. The Balaban J connectivity index is 0.000000588. The number of nitrogens with zero attached hydrogens (tertiary/aromatic N) is 4. The Hall–Kier alpha value is -2.12. The molecular formula is C27H41FN4O2. The minimum absolute atomic E-state index is 0.0506. The summed E-state index contributed by atoms with van der Waals surface area (Å²) in [6, 6.07) is 0. The lowest BCUT2D eigenvalue weighted by Gasteiger charge is -2.32. The molecule has 6 nitrogen and oxygen atoms in total.